The third-order valence-corrected chi connectivity index (χ3v) is 4.99. The maximum absolute atomic E-state index is 11.4. The van der Waals surface area contributed by atoms with Gasteiger partial charge in [0.05, 0.1) is 0 Å². The summed E-state index contributed by atoms with van der Waals surface area (Å²) in [4.78, 5) is 22.0. The number of unbranched alkanes of at least 4 members (excludes halogenated alkanes) is 7. The van der Waals surface area contributed by atoms with Crippen LogP contribution in [0.25, 0.3) is 0 Å². The largest absolute Gasteiger partial charge is 0.281 e. The topological polar surface area (TPSA) is 34.1 Å². The van der Waals surface area contributed by atoms with Crippen LogP contribution in [0.15, 0.2) is 0 Å². The highest BCUT2D eigenvalue weighted by molar-refractivity contribution is 6.64. The summed E-state index contributed by atoms with van der Waals surface area (Å²) in [6.07, 6.45) is 12.9. The number of rotatable bonds is 15. The van der Waals surface area contributed by atoms with Gasteiger partial charge in [0.2, 0.25) is 10.5 Å². The van der Waals surface area contributed by atoms with Crippen molar-refractivity contribution in [2.75, 3.05) is 0 Å². The number of hydrogen-bond donors (Lipinski definition) is 0. The molecule has 0 saturated heterocycles. The lowest BCUT2D eigenvalue weighted by Crippen LogP contribution is -2.19. The molecule has 0 aliphatic heterocycles. The first-order valence-corrected chi connectivity index (χ1v) is 9.66. The van der Waals surface area contributed by atoms with E-state index in [1.807, 2.05) is 6.92 Å². The Balaban J connectivity index is 3.55. The molecule has 0 N–H and O–H groups in total. The van der Waals surface area contributed by atoms with Crippen LogP contribution in [0, 0.1) is 11.8 Å². The second-order valence-corrected chi connectivity index (χ2v) is 7.00. The summed E-state index contributed by atoms with van der Waals surface area (Å²) in [5.41, 5.74) is 0. The number of halogens is 2. The lowest BCUT2D eigenvalue weighted by atomic mass is 9.84. The molecule has 0 rings (SSSR count). The highest BCUT2D eigenvalue weighted by Gasteiger charge is 2.23. The van der Waals surface area contributed by atoms with E-state index < -0.39 is 0 Å². The van der Waals surface area contributed by atoms with Crippen LogP contribution in [-0.2, 0) is 9.59 Å². The second kappa shape index (κ2) is 14.5. The Morgan fingerprint density at radius 1 is 0.773 bits per heavy atom. The highest BCUT2D eigenvalue weighted by Crippen LogP contribution is 2.27. The minimum absolute atomic E-state index is 0.0383. The van der Waals surface area contributed by atoms with E-state index in [2.05, 4.69) is 6.92 Å². The van der Waals surface area contributed by atoms with Crippen molar-refractivity contribution in [3.8, 4) is 0 Å². The average molecular weight is 351 g/mol. The van der Waals surface area contributed by atoms with Crippen molar-refractivity contribution in [1.82, 2.24) is 0 Å². The van der Waals surface area contributed by atoms with Crippen LogP contribution >= 0.6 is 23.2 Å². The second-order valence-electron chi connectivity index (χ2n) is 6.21. The van der Waals surface area contributed by atoms with Crippen LogP contribution in [0.4, 0.5) is 0 Å². The normalized spacial score (nSPS) is 13.8. The zero-order valence-corrected chi connectivity index (χ0v) is 15.7. The minimum atomic E-state index is -0.216. The predicted molar refractivity (Wildman–Crippen MR) is 95.5 cm³/mol. The monoisotopic (exact) mass is 350 g/mol. The molecule has 4 heteroatoms. The Labute approximate surface area is 146 Å². The van der Waals surface area contributed by atoms with Gasteiger partial charge in [-0.2, -0.15) is 0 Å². The molecule has 0 bridgehead atoms. The Bertz CT molecular complexity index is 305. The van der Waals surface area contributed by atoms with Gasteiger partial charge < -0.3 is 0 Å². The van der Waals surface area contributed by atoms with Crippen molar-refractivity contribution in [2.24, 2.45) is 11.8 Å². The lowest BCUT2D eigenvalue weighted by molar-refractivity contribution is -0.117. The zero-order valence-electron chi connectivity index (χ0n) is 14.2. The molecular weight excluding hydrogens is 319 g/mol. The minimum Gasteiger partial charge on any atom is -0.281 e. The summed E-state index contributed by atoms with van der Waals surface area (Å²) in [5.74, 6) is 0.486. The molecule has 0 aliphatic rings. The van der Waals surface area contributed by atoms with Gasteiger partial charge >= 0.3 is 0 Å². The van der Waals surface area contributed by atoms with Crippen LogP contribution < -0.4 is 0 Å². The van der Waals surface area contributed by atoms with Gasteiger partial charge in [-0.05, 0) is 48.4 Å². The van der Waals surface area contributed by atoms with E-state index >= 15 is 0 Å². The first-order valence-electron chi connectivity index (χ1n) is 8.90. The molecule has 2 nitrogen and oxygen atoms in total. The molecule has 0 radical (unpaired) electrons. The molecule has 0 aliphatic carbocycles. The van der Waals surface area contributed by atoms with Crippen molar-refractivity contribution in [3.05, 3.63) is 0 Å². The summed E-state index contributed by atoms with van der Waals surface area (Å²) in [6, 6.07) is 0. The average Bonchev–Trinajstić information content (AvgIpc) is 2.47. The van der Waals surface area contributed by atoms with Gasteiger partial charge in [-0.15, -0.1) is 0 Å². The van der Waals surface area contributed by atoms with Gasteiger partial charge in [-0.25, -0.2) is 0 Å². The number of carbonyl (C=O) groups excluding carboxylic acids is 2. The van der Waals surface area contributed by atoms with Gasteiger partial charge in [-0.1, -0.05) is 65.2 Å². The first-order chi connectivity index (χ1) is 10.5. The Morgan fingerprint density at radius 2 is 1.27 bits per heavy atom. The van der Waals surface area contributed by atoms with Crippen LogP contribution in [0.3, 0.4) is 0 Å². The van der Waals surface area contributed by atoms with Crippen molar-refractivity contribution >= 4 is 33.7 Å². The predicted octanol–water partition coefficient (Wildman–Crippen LogP) is 6.47. The molecule has 0 fully saturated rings. The molecule has 0 spiro atoms. The first kappa shape index (κ1) is 21.9. The van der Waals surface area contributed by atoms with Gasteiger partial charge in [0.25, 0.3) is 0 Å². The van der Waals surface area contributed by atoms with Crippen LogP contribution in [0.1, 0.15) is 90.9 Å². The van der Waals surface area contributed by atoms with E-state index in [1.54, 1.807) is 0 Å². The summed E-state index contributed by atoms with van der Waals surface area (Å²) < 4.78 is 0. The van der Waals surface area contributed by atoms with Gasteiger partial charge in [0.1, 0.15) is 0 Å². The van der Waals surface area contributed by atoms with E-state index in [0.29, 0.717) is 12.3 Å². The molecule has 22 heavy (non-hydrogen) atoms. The molecule has 0 saturated carbocycles. The van der Waals surface area contributed by atoms with E-state index in [-0.39, 0.29) is 16.4 Å². The Hall–Kier alpha value is -0.0800. The third kappa shape index (κ3) is 11.5. The van der Waals surface area contributed by atoms with Gasteiger partial charge in [-0.3, -0.25) is 9.59 Å². The van der Waals surface area contributed by atoms with Crippen molar-refractivity contribution < 1.29 is 9.59 Å². The molecule has 0 aromatic carbocycles. The maximum atomic E-state index is 11.4. The molecule has 0 heterocycles. The fourth-order valence-electron chi connectivity index (χ4n) is 3.10. The summed E-state index contributed by atoms with van der Waals surface area (Å²) >= 11 is 11.0. The van der Waals surface area contributed by atoms with Crippen molar-refractivity contribution in [3.63, 3.8) is 0 Å². The van der Waals surface area contributed by atoms with Gasteiger partial charge in [0, 0.05) is 12.3 Å². The fourth-order valence-corrected chi connectivity index (χ4v) is 3.57. The van der Waals surface area contributed by atoms with Crippen LogP contribution in [0.5, 0.6) is 0 Å². The highest BCUT2D eigenvalue weighted by atomic mass is 35.5. The number of hydrogen-bond acceptors (Lipinski definition) is 2. The quantitative estimate of drug-likeness (QED) is 0.250. The van der Waals surface area contributed by atoms with Crippen LogP contribution in [0.2, 0.25) is 0 Å². The summed E-state index contributed by atoms with van der Waals surface area (Å²) in [5, 5.41) is -0.379. The van der Waals surface area contributed by atoms with E-state index in [1.165, 1.54) is 38.5 Å². The zero-order chi connectivity index (χ0) is 16.8. The van der Waals surface area contributed by atoms with Crippen LogP contribution in [-0.4, -0.2) is 10.5 Å². The Kier molecular flexibility index (Phi) is 14.5. The molecule has 130 valence electrons. The molecule has 0 aromatic heterocycles. The lowest BCUT2D eigenvalue weighted by Gasteiger charge is -2.21. The molecule has 0 amide bonds. The van der Waals surface area contributed by atoms with E-state index in [0.717, 1.165) is 32.1 Å². The number of carbonyl (C=O) groups is 2. The summed E-state index contributed by atoms with van der Waals surface area (Å²) in [6.45, 7) is 4.20. The Morgan fingerprint density at radius 3 is 1.68 bits per heavy atom. The van der Waals surface area contributed by atoms with Crippen molar-refractivity contribution in [1.29, 1.82) is 0 Å². The molecular formula is C18H32Cl2O2. The fraction of sp³-hybridized carbons (Fsp3) is 0.889. The standard InChI is InChI=1S/C18H32Cl2O2/c1-3-15(16(4-2)18(20)22)13-11-9-7-5-6-8-10-12-14-17(19)21/h15-16H,3-14H2,1-2H3. The summed E-state index contributed by atoms with van der Waals surface area (Å²) in [7, 11) is 0. The van der Waals surface area contributed by atoms with Gasteiger partial charge in [0.15, 0.2) is 0 Å². The molecule has 0 aromatic rings. The van der Waals surface area contributed by atoms with Crippen molar-refractivity contribution in [2.45, 2.75) is 90.9 Å². The third-order valence-electron chi connectivity index (χ3n) is 4.52. The van der Waals surface area contributed by atoms with E-state index in [4.69, 9.17) is 23.2 Å². The molecule has 2 unspecified atom stereocenters. The SMILES string of the molecule is CCC(CCCCCCCCCCC(=O)Cl)C(CC)C(=O)Cl. The smallest absolute Gasteiger partial charge is 0.224 e. The van der Waals surface area contributed by atoms with E-state index in [9.17, 15) is 9.59 Å². The molecule has 2 atom stereocenters. The maximum Gasteiger partial charge on any atom is 0.224 e.